The number of hydrogen-bond donors (Lipinski definition) is 4. The molecule has 0 aliphatic carbocycles. The summed E-state index contributed by atoms with van der Waals surface area (Å²) in [7, 11) is 5.23. The number of benzene rings is 2. The summed E-state index contributed by atoms with van der Waals surface area (Å²) in [6, 6.07) is 12.9. The Balaban J connectivity index is 1.72. The van der Waals surface area contributed by atoms with Crippen molar-refractivity contribution in [3.8, 4) is 0 Å². The van der Waals surface area contributed by atoms with Gasteiger partial charge in [0.05, 0.1) is 23.4 Å². The van der Waals surface area contributed by atoms with Crippen molar-refractivity contribution in [2.75, 3.05) is 39.5 Å². The molecule has 1 aliphatic heterocycles. The fourth-order valence-electron chi connectivity index (χ4n) is 6.88. The van der Waals surface area contributed by atoms with Gasteiger partial charge in [0.1, 0.15) is 18.1 Å². The fraction of sp³-hybridized carbons (Fsp3) is 0.564. The van der Waals surface area contributed by atoms with Gasteiger partial charge in [0, 0.05) is 20.1 Å². The van der Waals surface area contributed by atoms with Crippen molar-refractivity contribution in [2.45, 2.75) is 91.1 Å². The molecule has 5 atom stereocenters. The van der Waals surface area contributed by atoms with Gasteiger partial charge in [-0.2, -0.15) is 0 Å². The average molecular weight is 707 g/mol. The number of carbonyl (C=O) groups is 5. The molecule has 0 bridgehead atoms. The van der Waals surface area contributed by atoms with Crippen LogP contribution in [0.25, 0.3) is 0 Å². The van der Waals surface area contributed by atoms with E-state index in [1.165, 1.54) is 9.80 Å². The van der Waals surface area contributed by atoms with E-state index in [1.807, 2.05) is 90.9 Å². The van der Waals surface area contributed by atoms with Gasteiger partial charge in [-0.1, -0.05) is 84.0 Å². The van der Waals surface area contributed by atoms with Gasteiger partial charge in [0.2, 0.25) is 23.6 Å². The lowest BCUT2D eigenvalue weighted by atomic mass is 9.96. The lowest BCUT2D eigenvalue weighted by Crippen LogP contribution is -2.60. The van der Waals surface area contributed by atoms with Crippen LogP contribution in [-0.2, 0) is 19.2 Å². The highest BCUT2D eigenvalue weighted by atomic mass is 16.3. The maximum Gasteiger partial charge on any atom is 0.253 e. The summed E-state index contributed by atoms with van der Waals surface area (Å²) in [4.78, 5) is 73.2. The molecule has 1 aliphatic rings. The molecule has 0 saturated carbocycles. The molecule has 1 saturated heterocycles. The first-order valence-corrected chi connectivity index (χ1v) is 18.0. The van der Waals surface area contributed by atoms with E-state index in [-0.39, 0.29) is 47.6 Å². The zero-order chi connectivity index (χ0) is 38.0. The summed E-state index contributed by atoms with van der Waals surface area (Å²) in [6.07, 6.45) is 0.615. The predicted molar refractivity (Wildman–Crippen MR) is 199 cm³/mol. The van der Waals surface area contributed by atoms with Crippen molar-refractivity contribution in [1.82, 2.24) is 25.3 Å². The lowest BCUT2D eigenvalue weighted by Gasteiger charge is -2.38. The van der Waals surface area contributed by atoms with Crippen LogP contribution >= 0.6 is 0 Å². The summed E-state index contributed by atoms with van der Waals surface area (Å²) in [5.74, 6) is -2.29. The van der Waals surface area contributed by atoms with Gasteiger partial charge < -0.3 is 30.9 Å². The summed E-state index contributed by atoms with van der Waals surface area (Å²) >= 11 is 0. The van der Waals surface area contributed by atoms with Gasteiger partial charge in [0.15, 0.2) is 0 Å². The van der Waals surface area contributed by atoms with Gasteiger partial charge in [-0.3, -0.25) is 28.9 Å². The lowest BCUT2D eigenvalue weighted by molar-refractivity contribution is -0.150. The summed E-state index contributed by atoms with van der Waals surface area (Å²) in [5, 5.41) is 19.1. The number of aliphatic hydroxyl groups excluding tert-OH is 1. The Kier molecular flexibility index (Phi) is 15.2. The SMILES string of the molecule is CC(C)[C@H](NC(=O)[C@H](C(C)C)N(C)C)C(=O)N(C)[C@H](C(=O)N1CCC[C@H]1C(=O)Nc1ccccc1C(=O)NCCC(O)c1ccccc1)C(C)C. The van der Waals surface area contributed by atoms with Gasteiger partial charge in [0.25, 0.3) is 5.91 Å². The molecular weight excluding hydrogens is 648 g/mol. The van der Waals surface area contributed by atoms with Crippen molar-refractivity contribution >= 4 is 35.2 Å². The molecule has 4 N–H and O–H groups in total. The maximum atomic E-state index is 14.2. The van der Waals surface area contributed by atoms with E-state index in [4.69, 9.17) is 0 Å². The van der Waals surface area contributed by atoms with Crippen molar-refractivity contribution in [2.24, 2.45) is 17.8 Å². The first kappa shape index (κ1) is 41.1. The topological polar surface area (TPSA) is 151 Å². The molecule has 3 rings (SSSR count). The number of hydrogen-bond acceptors (Lipinski definition) is 7. The number of nitrogens with zero attached hydrogens (tertiary/aromatic N) is 3. The molecule has 1 fully saturated rings. The van der Waals surface area contributed by atoms with Gasteiger partial charge in [-0.25, -0.2) is 0 Å². The van der Waals surface area contributed by atoms with Crippen LogP contribution in [0.15, 0.2) is 54.6 Å². The fourth-order valence-corrected chi connectivity index (χ4v) is 6.88. The Morgan fingerprint density at radius 3 is 2.04 bits per heavy atom. The molecule has 5 amide bonds. The van der Waals surface area contributed by atoms with Crippen LogP contribution in [0.2, 0.25) is 0 Å². The van der Waals surface area contributed by atoms with Crippen molar-refractivity contribution < 1.29 is 29.1 Å². The Morgan fingerprint density at radius 2 is 1.45 bits per heavy atom. The highest BCUT2D eigenvalue weighted by Crippen LogP contribution is 2.26. The van der Waals surface area contributed by atoms with Gasteiger partial charge in [-0.05, 0) is 68.8 Å². The Morgan fingerprint density at radius 1 is 0.843 bits per heavy atom. The molecule has 2 aromatic carbocycles. The van der Waals surface area contributed by atoms with E-state index in [9.17, 15) is 29.1 Å². The van der Waals surface area contributed by atoms with Crippen LogP contribution in [0.4, 0.5) is 5.69 Å². The number of nitrogens with one attached hydrogen (secondary N) is 3. The third-order valence-electron chi connectivity index (χ3n) is 9.49. The van der Waals surface area contributed by atoms with Crippen molar-refractivity contribution in [1.29, 1.82) is 0 Å². The number of aliphatic hydroxyl groups is 1. The Labute approximate surface area is 303 Å². The largest absolute Gasteiger partial charge is 0.388 e. The number of carbonyl (C=O) groups excluding carboxylic acids is 5. The van der Waals surface area contributed by atoms with Crippen molar-refractivity contribution in [3.63, 3.8) is 0 Å². The minimum atomic E-state index is -0.872. The first-order chi connectivity index (χ1) is 24.1. The first-order valence-electron chi connectivity index (χ1n) is 18.0. The predicted octanol–water partition coefficient (Wildman–Crippen LogP) is 3.68. The number of amides is 5. The Bertz CT molecular complexity index is 1490. The van der Waals surface area contributed by atoms with E-state index in [1.54, 1.807) is 31.3 Å². The molecule has 1 heterocycles. The van der Waals surface area contributed by atoms with Crippen LogP contribution in [-0.4, -0.2) is 108 Å². The quantitative estimate of drug-likeness (QED) is 0.208. The average Bonchev–Trinajstić information content (AvgIpc) is 3.57. The second-order valence-electron chi connectivity index (χ2n) is 14.7. The van der Waals surface area contributed by atoms with Crippen LogP contribution < -0.4 is 16.0 Å². The van der Waals surface area contributed by atoms with Crippen LogP contribution in [0.3, 0.4) is 0 Å². The minimum Gasteiger partial charge on any atom is -0.388 e. The van der Waals surface area contributed by atoms with E-state index in [0.29, 0.717) is 31.5 Å². The highest BCUT2D eigenvalue weighted by molar-refractivity contribution is 6.06. The molecule has 12 nitrogen and oxygen atoms in total. The van der Waals surface area contributed by atoms with E-state index >= 15 is 0 Å². The Hall–Kier alpha value is -4.29. The molecule has 12 heteroatoms. The van der Waals surface area contributed by atoms with Gasteiger partial charge in [-0.15, -0.1) is 0 Å². The zero-order valence-electron chi connectivity index (χ0n) is 31.7. The molecule has 0 spiro atoms. The summed E-state index contributed by atoms with van der Waals surface area (Å²) in [5.41, 5.74) is 1.33. The normalized spacial score (nSPS) is 16.9. The van der Waals surface area contributed by atoms with Crippen LogP contribution in [0.5, 0.6) is 0 Å². The molecule has 1 unspecified atom stereocenters. The third-order valence-corrected chi connectivity index (χ3v) is 9.49. The van der Waals surface area contributed by atoms with E-state index in [2.05, 4.69) is 16.0 Å². The molecule has 0 radical (unpaired) electrons. The summed E-state index contributed by atoms with van der Waals surface area (Å²) < 4.78 is 0. The number of rotatable bonds is 16. The van der Waals surface area contributed by atoms with Gasteiger partial charge >= 0.3 is 0 Å². The van der Waals surface area contributed by atoms with E-state index < -0.39 is 42.1 Å². The van der Waals surface area contributed by atoms with E-state index in [0.717, 1.165) is 5.56 Å². The molecule has 0 aromatic heterocycles. The number of para-hydroxylation sites is 1. The smallest absolute Gasteiger partial charge is 0.253 e. The third kappa shape index (κ3) is 10.6. The van der Waals surface area contributed by atoms with Crippen LogP contribution in [0.1, 0.15) is 82.8 Å². The molecule has 51 heavy (non-hydrogen) atoms. The second-order valence-corrected chi connectivity index (χ2v) is 14.7. The number of anilines is 1. The zero-order valence-corrected chi connectivity index (χ0v) is 31.7. The van der Waals surface area contributed by atoms with Crippen LogP contribution in [0, 0.1) is 17.8 Å². The molecular formula is C39H58N6O6. The summed E-state index contributed by atoms with van der Waals surface area (Å²) in [6.45, 7) is 11.9. The maximum absolute atomic E-state index is 14.2. The molecule has 2 aromatic rings. The van der Waals surface area contributed by atoms with Crippen molar-refractivity contribution in [3.05, 3.63) is 65.7 Å². The monoisotopic (exact) mass is 706 g/mol. The minimum absolute atomic E-state index is 0.0178. The standard InChI is InChI=1S/C39H58N6O6/c1-24(2)32(42-37(49)33(25(3)4)43(7)8)38(50)44(9)34(26(5)6)39(51)45-23-15-20-30(45)36(48)41-29-19-14-13-18-28(29)35(47)40-22-21-31(46)27-16-11-10-12-17-27/h10-14,16-19,24-26,30-34,46H,15,20-23H2,1-9H3,(H,40,47)(H,41,48)(H,42,49)/t30-,31?,32-,33-,34-/m0/s1. The second kappa shape index (κ2) is 18.8. The number of likely N-dealkylation sites (N-methyl/N-ethyl adjacent to an activating group) is 2. The molecule has 280 valence electrons. The number of likely N-dealkylation sites (tertiary alicyclic amines) is 1. The highest BCUT2D eigenvalue weighted by Gasteiger charge is 2.42.